The van der Waals surface area contributed by atoms with Gasteiger partial charge in [0.05, 0.1) is 32.0 Å². The van der Waals surface area contributed by atoms with E-state index in [9.17, 15) is 0 Å². The van der Waals surface area contributed by atoms with Gasteiger partial charge >= 0.3 is 0 Å². The van der Waals surface area contributed by atoms with Crippen molar-refractivity contribution in [3.05, 3.63) is 53.8 Å². The number of ether oxygens (including phenoxy) is 3. The number of nitrogens with one attached hydrogen (secondary N) is 2. The van der Waals surface area contributed by atoms with Gasteiger partial charge in [0.15, 0.2) is 0 Å². The van der Waals surface area contributed by atoms with Crippen LogP contribution in [0.2, 0.25) is 5.02 Å². The van der Waals surface area contributed by atoms with Gasteiger partial charge in [0.25, 0.3) is 0 Å². The molecule has 3 rings (SSSR count). The van der Waals surface area contributed by atoms with Gasteiger partial charge in [-0.25, -0.2) is 9.97 Å². The van der Waals surface area contributed by atoms with Crippen molar-refractivity contribution in [2.75, 3.05) is 32.0 Å². The van der Waals surface area contributed by atoms with Gasteiger partial charge in [-0.15, -0.1) is 0 Å². The highest BCUT2D eigenvalue weighted by Gasteiger charge is 2.08. The number of benzene rings is 2. The molecule has 0 bridgehead atoms. The summed E-state index contributed by atoms with van der Waals surface area (Å²) in [5.74, 6) is 3.19. The molecule has 0 atom stereocenters. The Balaban J connectivity index is 1.81. The first kappa shape index (κ1) is 18.6. The molecular formula is C19H19ClN4O3. The van der Waals surface area contributed by atoms with Crippen LogP contribution in [0.15, 0.2) is 48.8 Å². The predicted molar refractivity (Wildman–Crippen MR) is 106 cm³/mol. The van der Waals surface area contributed by atoms with E-state index in [0.29, 0.717) is 33.9 Å². The standard InChI is InChI=1S/C19H19ClN4O3/c1-25-13-5-7-17(27-3)15(9-13)24-19-10-18(21-11-22-19)23-12-4-6-16(26-2)14(20)8-12/h4-11H,1-3H3,(H2,21,22,23,24). The first-order valence-corrected chi connectivity index (χ1v) is 8.42. The summed E-state index contributed by atoms with van der Waals surface area (Å²) in [5, 5.41) is 6.91. The van der Waals surface area contributed by atoms with Crippen molar-refractivity contribution in [2.24, 2.45) is 0 Å². The summed E-state index contributed by atoms with van der Waals surface area (Å²) in [5.41, 5.74) is 1.51. The summed E-state index contributed by atoms with van der Waals surface area (Å²) >= 11 is 6.16. The van der Waals surface area contributed by atoms with E-state index < -0.39 is 0 Å². The van der Waals surface area contributed by atoms with Crippen LogP contribution in [0.5, 0.6) is 17.2 Å². The lowest BCUT2D eigenvalue weighted by Crippen LogP contribution is -2.00. The molecule has 0 aliphatic carbocycles. The van der Waals surface area contributed by atoms with Gasteiger partial charge < -0.3 is 24.8 Å². The first-order chi connectivity index (χ1) is 13.1. The van der Waals surface area contributed by atoms with Crippen LogP contribution in [-0.4, -0.2) is 31.3 Å². The number of methoxy groups -OCH3 is 3. The predicted octanol–water partition coefficient (Wildman–Crippen LogP) is 4.64. The summed E-state index contributed by atoms with van der Waals surface area (Å²) < 4.78 is 15.8. The summed E-state index contributed by atoms with van der Waals surface area (Å²) in [6.45, 7) is 0. The highest BCUT2D eigenvalue weighted by molar-refractivity contribution is 6.32. The lowest BCUT2D eigenvalue weighted by atomic mass is 10.2. The maximum absolute atomic E-state index is 6.16. The maximum atomic E-state index is 6.16. The fourth-order valence-electron chi connectivity index (χ4n) is 2.44. The fourth-order valence-corrected chi connectivity index (χ4v) is 2.69. The second kappa shape index (κ2) is 8.46. The Morgan fingerprint density at radius 2 is 1.48 bits per heavy atom. The van der Waals surface area contributed by atoms with Gasteiger partial charge in [-0.2, -0.15) is 0 Å². The zero-order chi connectivity index (χ0) is 19.2. The molecule has 8 heteroatoms. The average Bonchev–Trinajstić information content (AvgIpc) is 2.68. The van der Waals surface area contributed by atoms with Crippen LogP contribution < -0.4 is 24.8 Å². The molecule has 0 aliphatic rings. The molecular weight excluding hydrogens is 368 g/mol. The van der Waals surface area contributed by atoms with Crippen LogP contribution in [0.25, 0.3) is 0 Å². The van der Waals surface area contributed by atoms with Crippen molar-refractivity contribution < 1.29 is 14.2 Å². The number of hydrogen-bond donors (Lipinski definition) is 2. The highest BCUT2D eigenvalue weighted by atomic mass is 35.5. The van der Waals surface area contributed by atoms with E-state index in [1.165, 1.54) is 6.33 Å². The normalized spacial score (nSPS) is 10.2. The molecule has 2 N–H and O–H groups in total. The molecule has 0 fully saturated rings. The molecule has 0 amide bonds. The molecule has 27 heavy (non-hydrogen) atoms. The molecule has 3 aromatic rings. The lowest BCUT2D eigenvalue weighted by molar-refractivity contribution is 0.405. The number of anilines is 4. The molecule has 0 saturated carbocycles. The van der Waals surface area contributed by atoms with Crippen LogP contribution in [0.3, 0.4) is 0 Å². The third kappa shape index (κ3) is 4.51. The molecule has 7 nitrogen and oxygen atoms in total. The van der Waals surface area contributed by atoms with Crippen molar-refractivity contribution >= 4 is 34.6 Å². The summed E-state index contributed by atoms with van der Waals surface area (Å²) in [4.78, 5) is 8.48. The second-order valence-corrected chi connectivity index (χ2v) is 5.86. The van der Waals surface area contributed by atoms with E-state index in [4.69, 9.17) is 25.8 Å². The van der Waals surface area contributed by atoms with Crippen LogP contribution >= 0.6 is 11.6 Å². The van der Waals surface area contributed by atoms with Gasteiger partial charge in [-0.3, -0.25) is 0 Å². The molecule has 0 aliphatic heterocycles. The van der Waals surface area contributed by atoms with Gasteiger partial charge in [0.1, 0.15) is 35.2 Å². The number of nitrogens with zero attached hydrogens (tertiary/aromatic N) is 2. The molecule has 140 valence electrons. The SMILES string of the molecule is COc1ccc(OC)c(Nc2cc(Nc3ccc(OC)c(Cl)c3)ncn2)c1. The van der Waals surface area contributed by atoms with Gasteiger partial charge in [-0.05, 0) is 30.3 Å². The first-order valence-electron chi connectivity index (χ1n) is 8.04. The molecule has 0 unspecified atom stereocenters. The monoisotopic (exact) mass is 386 g/mol. The number of hydrogen-bond acceptors (Lipinski definition) is 7. The number of rotatable bonds is 7. The van der Waals surface area contributed by atoms with Crippen LogP contribution in [0, 0.1) is 0 Å². The van der Waals surface area contributed by atoms with Crippen LogP contribution in [0.4, 0.5) is 23.0 Å². The molecule has 2 aromatic carbocycles. The number of halogens is 1. The quantitative estimate of drug-likeness (QED) is 0.612. The van der Waals surface area contributed by atoms with E-state index in [0.717, 1.165) is 11.4 Å². The summed E-state index contributed by atoms with van der Waals surface area (Å²) in [6, 6.07) is 12.7. The van der Waals surface area contributed by atoms with Gasteiger partial charge in [0, 0.05) is 17.8 Å². The average molecular weight is 387 g/mol. The van der Waals surface area contributed by atoms with Crippen molar-refractivity contribution in [1.82, 2.24) is 9.97 Å². The Kier molecular flexibility index (Phi) is 5.83. The van der Waals surface area contributed by atoms with E-state index in [-0.39, 0.29) is 0 Å². The van der Waals surface area contributed by atoms with Crippen LogP contribution in [-0.2, 0) is 0 Å². The van der Waals surface area contributed by atoms with Gasteiger partial charge in [0.2, 0.25) is 0 Å². The van der Waals surface area contributed by atoms with Crippen LogP contribution in [0.1, 0.15) is 0 Å². The fraction of sp³-hybridized carbons (Fsp3) is 0.158. The molecule has 1 aromatic heterocycles. The van der Waals surface area contributed by atoms with Crippen molar-refractivity contribution in [3.63, 3.8) is 0 Å². The Bertz CT molecular complexity index is 937. The topological polar surface area (TPSA) is 77.5 Å². The zero-order valence-electron chi connectivity index (χ0n) is 15.1. The van der Waals surface area contributed by atoms with Crippen molar-refractivity contribution in [3.8, 4) is 17.2 Å². The highest BCUT2D eigenvalue weighted by Crippen LogP contribution is 2.32. The van der Waals surface area contributed by atoms with E-state index in [1.54, 1.807) is 39.5 Å². The summed E-state index contributed by atoms with van der Waals surface area (Å²) in [7, 11) is 4.79. The second-order valence-electron chi connectivity index (χ2n) is 5.45. The molecule has 0 spiro atoms. The molecule has 0 saturated heterocycles. The van der Waals surface area contributed by atoms with E-state index in [1.807, 2.05) is 24.3 Å². The summed E-state index contributed by atoms with van der Waals surface area (Å²) in [6.07, 6.45) is 1.46. The Hall–Kier alpha value is -3.19. The number of aromatic nitrogens is 2. The Morgan fingerprint density at radius 1 is 0.778 bits per heavy atom. The van der Waals surface area contributed by atoms with Gasteiger partial charge in [-0.1, -0.05) is 11.6 Å². The third-order valence-electron chi connectivity index (χ3n) is 3.76. The molecule has 1 heterocycles. The third-order valence-corrected chi connectivity index (χ3v) is 4.06. The minimum atomic E-state index is 0.510. The lowest BCUT2D eigenvalue weighted by Gasteiger charge is -2.13. The minimum absolute atomic E-state index is 0.510. The Morgan fingerprint density at radius 3 is 2.15 bits per heavy atom. The van der Waals surface area contributed by atoms with Crippen molar-refractivity contribution in [1.29, 1.82) is 0 Å². The molecule has 0 radical (unpaired) electrons. The largest absolute Gasteiger partial charge is 0.497 e. The van der Waals surface area contributed by atoms with E-state index in [2.05, 4.69) is 20.6 Å². The smallest absolute Gasteiger partial charge is 0.142 e. The Labute approximate surface area is 162 Å². The van der Waals surface area contributed by atoms with Crippen molar-refractivity contribution in [2.45, 2.75) is 0 Å². The zero-order valence-corrected chi connectivity index (χ0v) is 15.9. The maximum Gasteiger partial charge on any atom is 0.142 e. The van der Waals surface area contributed by atoms with E-state index >= 15 is 0 Å². The minimum Gasteiger partial charge on any atom is -0.497 e.